The Kier molecular flexibility index (Phi) is 16.8. The van der Waals surface area contributed by atoms with E-state index in [4.69, 9.17) is 14.6 Å². The molecule has 0 amide bonds. The highest BCUT2D eigenvalue weighted by atomic mass is 16.6. The van der Waals surface area contributed by atoms with Gasteiger partial charge in [0.2, 0.25) is 0 Å². The standard InChI is InChI=1S/C24H46O5/c1-2-3-4-5-6-7-8-9-10-11-12-13-14-15-16-17-18-28-24-22(27)20-29-23(24)21(26)19-25/h5-6,21-27H,2-4,7-20H2,1H3/b6-5+/t21-,22+,23+,24+/m1/s1. The first-order chi connectivity index (χ1) is 14.2. The van der Waals surface area contributed by atoms with Crippen molar-refractivity contribution in [3.05, 3.63) is 12.2 Å². The largest absolute Gasteiger partial charge is 0.394 e. The lowest BCUT2D eigenvalue weighted by molar-refractivity contribution is -0.0938. The predicted octanol–water partition coefficient (Wildman–Crippen LogP) is 4.52. The quantitative estimate of drug-likeness (QED) is 0.214. The predicted molar refractivity (Wildman–Crippen MR) is 118 cm³/mol. The molecule has 3 N–H and O–H groups in total. The third-order valence-electron chi connectivity index (χ3n) is 5.70. The van der Waals surface area contributed by atoms with Gasteiger partial charge < -0.3 is 24.8 Å². The second-order valence-electron chi connectivity index (χ2n) is 8.39. The molecule has 1 fully saturated rings. The van der Waals surface area contributed by atoms with Gasteiger partial charge in [0.25, 0.3) is 0 Å². The van der Waals surface area contributed by atoms with E-state index in [2.05, 4.69) is 19.1 Å². The number of aliphatic hydroxyl groups excluding tert-OH is 3. The molecule has 0 bridgehead atoms. The second kappa shape index (κ2) is 18.3. The van der Waals surface area contributed by atoms with Gasteiger partial charge >= 0.3 is 0 Å². The molecular formula is C24H46O5. The Morgan fingerprint density at radius 3 is 2.03 bits per heavy atom. The van der Waals surface area contributed by atoms with E-state index >= 15 is 0 Å². The van der Waals surface area contributed by atoms with Crippen LogP contribution in [0.25, 0.3) is 0 Å². The average Bonchev–Trinajstić information content (AvgIpc) is 3.10. The van der Waals surface area contributed by atoms with Crippen LogP contribution in [0, 0.1) is 0 Å². The lowest BCUT2D eigenvalue weighted by Gasteiger charge is -2.23. The molecule has 0 aromatic rings. The van der Waals surface area contributed by atoms with E-state index in [0.717, 1.165) is 12.8 Å². The number of unbranched alkanes of at least 4 members (excludes halogenated alkanes) is 12. The van der Waals surface area contributed by atoms with Crippen molar-refractivity contribution in [1.82, 2.24) is 0 Å². The highest BCUT2D eigenvalue weighted by Gasteiger charge is 2.40. The normalized spacial score (nSPS) is 23.2. The second-order valence-corrected chi connectivity index (χ2v) is 8.39. The summed E-state index contributed by atoms with van der Waals surface area (Å²) in [4.78, 5) is 0. The van der Waals surface area contributed by atoms with Crippen molar-refractivity contribution in [2.75, 3.05) is 19.8 Å². The van der Waals surface area contributed by atoms with Crippen molar-refractivity contribution < 1.29 is 24.8 Å². The molecule has 0 radical (unpaired) electrons. The van der Waals surface area contributed by atoms with E-state index in [0.29, 0.717) is 6.61 Å². The van der Waals surface area contributed by atoms with Crippen molar-refractivity contribution in [2.45, 2.75) is 121 Å². The molecular weight excluding hydrogens is 368 g/mol. The summed E-state index contributed by atoms with van der Waals surface area (Å²) in [6.07, 6.45) is 19.6. The summed E-state index contributed by atoms with van der Waals surface area (Å²) >= 11 is 0. The number of allylic oxidation sites excluding steroid dienone is 2. The highest BCUT2D eigenvalue weighted by molar-refractivity contribution is 4.89. The van der Waals surface area contributed by atoms with Crippen molar-refractivity contribution >= 4 is 0 Å². The molecule has 0 aromatic heterocycles. The van der Waals surface area contributed by atoms with Crippen molar-refractivity contribution in [1.29, 1.82) is 0 Å². The van der Waals surface area contributed by atoms with Crippen LogP contribution in [0.1, 0.15) is 96.8 Å². The Morgan fingerprint density at radius 1 is 0.897 bits per heavy atom. The molecule has 1 saturated heterocycles. The molecule has 0 unspecified atom stereocenters. The van der Waals surface area contributed by atoms with E-state index in [1.165, 1.54) is 77.0 Å². The topological polar surface area (TPSA) is 79.2 Å². The fraction of sp³-hybridized carbons (Fsp3) is 0.917. The Labute approximate surface area is 178 Å². The van der Waals surface area contributed by atoms with Crippen LogP contribution in [0.15, 0.2) is 12.2 Å². The van der Waals surface area contributed by atoms with E-state index in [1.54, 1.807) is 0 Å². The Hall–Kier alpha value is -0.460. The van der Waals surface area contributed by atoms with Crippen molar-refractivity contribution in [3.63, 3.8) is 0 Å². The molecule has 5 nitrogen and oxygen atoms in total. The smallest absolute Gasteiger partial charge is 0.114 e. The molecule has 4 atom stereocenters. The minimum Gasteiger partial charge on any atom is -0.394 e. The molecule has 0 aliphatic carbocycles. The molecule has 1 aliphatic heterocycles. The van der Waals surface area contributed by atoms with Crippen LogP contribution >= 0.6 is 0 Å². The van der Waals surface area contributed by atoms with Gasteiger partial charge in [0, 0.05) is 6.61 Å². The van der Waals surface area contributed by atoms with Crippen LogP contribution in [0.4, 0.5) is 0 Å². The summed E-state index contributed by atoms with van der Waals surface area (Å²) in [6, 6.07) is 0. The summed E-state index contributed by atoms with van der Waals surface area (Å²) < 4.78 is 11.0. The van der Waals surface area contributed by atoms with Gasteiger partial charge in [-0.15, -0.1) is 0 Å². The zero-order valence-electron chi connectivity index (χ0n) is 18.6. The first-order valence-electron chi connectivity index (χ1n) is 12.1. The van der Waals surface area contributed by atoms with Crippen molar-refractivity contribution in [3.8, 4) is 0 Å². The SMILES string of the molecule is CCCC/C=C/CCCCCCCCCCCCO[C@@H]1[C@H]([C@H](O)CO)OC[C@@H]1O. The number of hydrogen-bond acceptors (Lipinski definition) is 5. The summed E-state index contributed by atoms with van der Waals surface area (Å²) in [5, 5.41) is 28.7. The van der Waals surface area contributed by atoms with Crippen LogP contribution in [0.3, 0.4) is 0 Å². The highest BCUT2D eigenvalue weighted by Crippen LogP contribution is 2.21. The summed E-state index contributed by atoms with van der Waals surface area (Å²) in [5.41, 5.74) is 0. The van der Waals surface area contributed by atoms with E-state index in [1.807, 2.05) is 0 Å². The van der Waals surface area contributed by atoms with Gasteiger partial charge in [0.15, 0.2) is 0 Å². The van der Waals surface area contributed by atoms with E-state index < -0.39 is 24.4 Å². The first kappa shape index (κ1) is 26.6. The van der Waals surface area contributed by atoms with Crippen LogP contribution in [-0.2, 0) is 9.47 Å². The molecule has 0 saturated carbocycles. The van der Waals surface area contributed by atoms with Gasteiger partial charge in [0.05, 0.1) is 13.2 Å². The van der Waals surface area contributed by atoms with Crippen LogP contribution in [-0.4, -0.2) is 59.6 Å². The minimum absolute atomic E-state index is 0.155. The van der Waals surface area contributed by atoms with Crippen LogP contribution < -0.4 is 0 Å². The zero-order valence-corrected chi connectivity index (χ0v) is 18.6. The lowest BCUT2D eigenvalue weighted by Crippen LogP contribution is -2.42. The Morgan fingerprint density at radius 2 is 1.45 bits per heavy atom. The molecule has 5 heteroatoms. The maximum absolute atomic E-state index is 9.89. The van der Waals surface area contributed by atoms with Crippen molar-refractivity contribution in [2.24, 2.45) is 0 Å². The van der Waals surface area contributed by atoms with Gasteiger partial charge in [-0.1, -0.05) is 83.3 Å². The molecule has 0 aromatic carbocycles. The molecule has 29 heavy (non-hydrogen) atoms. The monoisotopic (exact) mass is 414 g/mol. The third-order valence-corrected chi connectivity index (χ3v) is 5.70. The third kappa shape index (κ3) is 12.7. The van der Waals surface area contributed by atoms with Crippen LogP contribution in [0.2, 0.25) is 0 Å². The van der Waals surface area contributed by atoms with Crippen LogP contribution in [0.5, 0.6) is 0 Å². The number of hydrogen-bond donors (Lipinski definition) is 3. The maximum atomic E-state index is 9.89. The van der Waals surface area contributed by atoms with E-state index in [-0.39, 0.29) is 13.2 Å². The molecule has 1 aliphatic rings. The fourth-order valence-electron chi connectivity index (χ4n) is 3.81. The summed E-state index contributed by atoms with van der Waals surface area (Å²) in [5.74, 6) is 0. The zero-order chi connectivity index (χ0) is 21.2. The minimum atomic E-state index is -1.00. The average molecular weight is 415 g/mol. The molecule has 0 spiro atoms. The fourth-order valence-corrected chi connectivity index (χ4v) is 3.81. The van der Waals surface area contributed by atoms with Gasteiger partial charge in [-0.25, -0.2) is 0 Å². The van der Waals surface area contributed by atoms with Gasteiger partial charge in [-0.3, -0.25) is 0 Å². The maximum Gasteiger partial charge on any atom is 0.114 e. The lowest BCUT2D eigenvalue weighted by atomic mass is 10.1. The Bertz CT molecular complexity index is 387. The summed E-state index contributed by atoms with van der Waals surface area (Å²) in [7, 11) is 0. The first-order valence-corrected chi connectivity index (χ1v) is 12.1. The molecule has 1 rings (SSSR count). The molecule has 1 heterocycles. The molecule has 172 valence electrons. The Balaban J connectivity index is 1.85. The summed E-state index contributed by atoms with van der Waals surface area (Å²) in [6.45, 7) is 2.57. The number of rotatable bonds is 19. The van der Waals surface area contributed by atoms with Gasteiger partial charge in [0.1, 0.15) is 24.4 Å². The van der Waals surface area contributed by atoms with Gasteiger partial charge in [-0.05, 0) is 25.7 Å². The van der Waals surface area contributed by atoms with Gasteiger partial charge in [-0.2, -0.15) is 0 Å². The van der Waals surface area contributed by atoms with E-state index in [9.17, 15) is 10.2 Å². The number of ether oxygens (including phenoxy) is 2. The number of aliphatic hydroxyl groups is 3.